The van der Waals surface area contributed by atoms with Crippen molar-refractivity contribution in [1.29, 1.82) is 0 Å². The molecule has 11 heavy (non-hydrogen) atoms. The van der Waals surface area contributed by atoms with Crippen LogP contribution in [0.1, 0.15) is 41.5 Å². The Morgan fingerprint density at radius 2 is 1.00 bits per heavy atom. The van der Waals surface area contributed by atoms with E-state index in [0.29, 0.717) is 0 Å². The molecule has 0 rings (SSSR count). The van der Waals surface area contributed by atoms with Gasteiger partial charge < -0.3 is 0 Å². The molecule has 0 aliphatic heterocycles. The van der Waals surface area contributed by atoms with E-state index in [0.717, 1.165) is 0 Å². The van der Waals surface area contributed by atoms with Gasteiger partial charge in [0.25, 0.3) is 0 Å². The number of nitrogens with zero attached hydrogens (tertiary/aromatic N) is 2. The van der Waals surface area contributed by atoms with E-state index in [2.05, 4.69) is 46.1 Å². The fraction of sp³-hybridized carbons (Fsp3) is 1.00. The average Bonchev–Trinajstić information content (AvgIpc) is 1.55. The standard InChI is InChI=1S/2C4H9N.U/c2*1-4(2,3)5;/h2*1-3H3;/q;;+2. The third-order valence-corrected chi connectivity index (χ3v) is 7.19. The van der Waals surface area contributed by atoms with Gasteiger partial charge in [-0.3, -0.25) is 0 Å². The predicted octanol–water partition coefficient (Wildman–Crippen LogP) is 3.04. The van der Waals surface area contributed by atoms with E-state index in [1.165, 1.54) is 0 Å². The summed E-state index contributed by atoms with van der Waals surface area (Å²) in [4.78, 5) is 0. The molecule has 62 valence electrons. The van der Waals surface area contributed by atoms with Crippen LogP contribution in [0.25, 0.3) is 0 Å². The molecule has 0 N–H and O–H groups in total. The zero-order valence-corrected chi connectivity index (χ0v) is 12.6. The van der Waals surface area contributed by atoms with E-state index in [4.69, 9.17) is 0 Å². The Hall–Kier alpha value is 0.652. The fourth-order valence-electron chi connectivity index (χ4n) is 0.325. The second-order valence-electron chi connectivity index (χ2n) is 4.67. The molecule has 0 saturated heterocycles. The second-order valence-corrected chi connectivity index (χ2v) is 7.36. The summed E-state index contributed by atoms with van der Waals surface area (Å²) in [5.41, 5.74) is 0.287. The van der Waals surface area contributed by atoms with Crippen LogP contribution in [0.2, 0.25) is 0 Å². The molecule has 0 bridgehead atoms. The summed E-state index contributed by atoms with van der Waals surface area (Å²) in [6, 6.07) is 0. The number of hydrogen-bond acceptors (Lipinski definition) is 2. The van der Waals surface area contributed by atoms with Gasteiger partial charge in [0.15, 0.2) is 0 Å². The van der Waals surface area contributed by atoms with Crippen LogP contribution >= 0.6 is 0 Å². The molecule has 0 aliphatic carbocycles. The monoisotopic (exact) mass is 380 g/mol. The summed E-state index contributed by atoms with van der Waals surface area (Å²) in [6.45, 7) is 12.8. The molecule has 0 spiro atoms. The fourth-order valence-corrected chi connectivity index (χ4v) is 3.03. The molecule has 0 fully saturated rings. The zero-order chi connectivity index (χ0) is 9.12. The molecular formula is C8H18N2U+2. The van der Waals surface area contributed by atoms with Gasteiger partial charge in [-0.1, -0.05) is 0 Å². The summed E-state index contributed by atoms with van der Waals surface area (Å²) in [5, 5.41) is 0. The van der Waals surface area contributed by atoms with Crippen molar-refractivity contribution in [3.63, 3.8) is 0 Å². The molecule has 2 nitrogen and oxygen atoms in total. The van der Waals surface area contributed by atoms with Crippen LogP contribution < -0.4 is 0 Å². The minimum atomic E-state index is -1.14. The molecule has 0 aromatic rings. The molecule has 0 aromatic heterocycles. The van der Waals surface area contributed by atoms with Crippen LogP contribution in [-0.2, 0) is 0 Å². The van der Waals surface area contributed by atoms with Crippen molar-refractivity contribution in [3.8, 4) is 0 Å². The third kappa shape index (κ3) is 10.7. The van der Waals surface area contributed by atoms with Gasteiger partial charge in [0.05, 0.1) is 0 Å². The van der Waals surface area contributed by atoms with Crippen molar-refractivity contribution in [1.82, 2.24) is 0 Å². The quantitative estimate of drug-likeness (QED) is 0.617. The Labute approximate surface area is 84.2 Å². The molecule has 0 aliphatic rings. The molecular weight excluding hydrogens is 362 g/mol. The first kappa shape index (κ1) is 11.7. The van der Waals surface area contributed by atoms with Gasteiger partial charge in [-0.15, -0.1) is 0 Å². The van der Waals surface area contributed by atoms with Gasteiger partial charge in [0, 0.05) is 0 Å². The first-order chi connectivity index (χ1) is 4.71. The van der Waals surface area contributed by atoms with Crippen molar-refractivity contribution >= 4 is 0 Å². The molecule has 3 heteroatoms. The number of rotatable bonds is 0. The Kier molecular flexibility index (Phi) is 4.29. The van der Waals surface area contributed by atoms with E-state index in [9.17, 15) is 0 Å². The van der Waals surface area contributed by atoms with E-state index in [1.54, 1.807) is 0 Å². The van der Waals surface area contributed by atoms with Gasteiger partial charge in [-0.2, -0.15) is 0 Å². The van der Waals surface area contributed by atoms with Crippen molar-refractivity contribution in [2.45, 2.75) is 52.6 Å². The van der Waals surface area contributed by atoms with E-state index in [-0.39, 0.29) is 11.1 Å². The molecule has 0 unspecified atom stereocenters. The number of hydrogen-bond donors (Lipinski definition) is 0. The summed E-state index contributed by atoms with van der Waals surface area (Å²) >= 11 is -1.14. The van der Waals surface area contributed by atoms with Crippen molar-refractivity contribution in [2.75, 3.05) is 0 Å². The van der Waals surface area contributed by atoms with Gasteiger partial charge in [0.2, 0.25) is 0 Å². The first-order valence-electron chi connectivity index (χ1n) is 3.89. The van der Waals surface area contributed by atoms with Gasteiger partial charge in [0.1, 0.15) is 0 Å². The summed E-state index contributed by atoms with van der Waals surface area (Å²) in [7, 11) is 0. The molecule has 0 atom stereocenters. The van der Waals surface area contributed by atoms with Crippen LogP contribution in [0.4, 0.5) is 0 Å². The zero-order valence-electron chi connectivity index (χ0n) is 8.39. The Balaban J connectivity index is 4.25. The molecule has 0 aromatic carbocycles. The predicted molar refractivity (Wildman–Crippen MR) is 44.4 cm³/mol. The van der Waals surface area contributed by atoms with Crippen molar-refractivity contribution < 1.29 is 27.4 Å². The van der Waals surface area contributed by atoms with Crippen molar-refractivity contribution in [3.05, 3.63) is 0 Å². The maximum atomic E-state index is 4.58. The van der Waals surface area contributed by atoms with Crippen LogP contribution in [0.5, 0.6) is 0 Å². The minimum absolute atomic E-state index is 0.143. The second kappa shape index (κ2) is 4.05. The van der Waals surface area contributed by atoms with Gasteiger partial charge >= 0.3 is 84.6 Å². The first-order valence-corrected chi connectivity index (χ1v) is 7.62. The Morgan fingerprint density at radius 1 is 0.727 bits per heavy atom. The van der Waals surface area contributed by atoms with Crippen LogP contribution in [-0.4, -0.2) is 11.1 Å². The van der Waals surface area contributed by atoms with E-state index < -0.39 is 27.4 Å². The average molecular weight is 380 g/mol. The van der Waals surface area contributed by atoms with Gasteiger partial charge in [-0.05, 0) is 0 Å². The van der Waals surface area contributed by atoms with E-state index >= 15 is 0 Å². The summed E-state index contributed by atoms with van der Waals surface area (Å²) < 4.78 is 9.17. The Morgan fingerprint density at radius 3 is 1.18 bits per heavy atom. The topological polar surface area (TPSA) is 24.7 Å². The van der Waals surface area contributed by atoms with E-state index in [1.807, 2.05) is 0 Å². The normalized spacial score (nSPS) is 12.2. The maximum absolute atomic E-state index is 4.58. The molecule has 0 radical (unpaired) electrons. The molecule has 0 heterocycles. The molecule has 0 saturated carbocycles. The Bertz CT molecular complexity index is 159. The SMILES string of the molecule is CC(C)(C)[N]=[U+2]=[N]C(C)(C)C. The van der Waals surface area contributed by atoms with Crippen LogP contribution in [0, 0.1) is 27.4 Å². The third-order valence-electron chi connectivity index (χ3n) is 0.771. The van der Waals surface area contributed by atoms with Crippen LogP contribution in [0.3, 0.4) is 0 Å². The summed E-state index contributed by atoms with van der Waals surface area (Å²) in [5.74, 6) is 0. The van der Waals surface area contributed by atoms with Crippen LogP contribution in [0.15, 0.2) is 4.51 Å². The van der Waals surface area contributed by atoms with Gasteiger partial charge in [-0.25, -0.2) is 0 Å². The molecule has 0 amide bonds. The van der Waals surface area contributed by atoms with Crippen molar-refractivity contribution in [2.24, 2.45) is 4.51 Å². The summed E-state index contributed by atoms with van der Waals surface area (Å²) in [6.07, 6.45) is 0.